The van der Waals surface area contributed by atoms with Crippen molar-refractivity contribution in [1.82, 2.24) is 0 Å². The zero-order chi connectivity index (χ0) is 15.8. The van der Waals surface area contributed by atoms with Crippen LogP contribution in [0.1, 0.15) is 49.0 Å². The summed E-state index contributed by atoms with van der Waals surface area (Å²) in [5.74, 6) is -1.43. The SMILES string of the molecule is CCCc1ccc(C(=O)CCC(=O)O[C@@H](C)C(N)=O)cc1. The summed E-state index contributed by atoms with van der Waals surface area (Å²) >= 11 is 0. The lowest BCUT2D eigenvalue weighted by molar-refractivity contribution is -0.153. The maximum absolute atomic E-state index is 11.9. The summed E-state index contributed by atoms with van der Waals surface area (Å²) in [6.45, 7) is 3.49. The van der Waals surface area contributed by atoms with Crippen LogP contribution in [-0.2, 0) is 20.7 Å². The molecule has 0 saturated heterocycles. The van der Waals surface area contributed by atoms with Gasteiger partial charge in [-0.25, -0.2) is 0 Å². The number of hydrogen-bond donors (Lipinski definition) is 1. The molecule has 1 aromatic rings. The quantitative estimate of drug-likeness (QED) is 0.586. The molecule has 21 heavy (non-hydrogen) atoms. The number of benzene rings is 1. The van der Waals surface area contributed by atoms with Crippen molar-refractivity contribution >= 4 is 17.7 Å². The highest BCUT2D eigenvalue weighted by Gasteiger charge is 2.16. The number of rotatable bonds is 8. The summed E-state index contributed by atoms with van der Waals surface area (Å²) in [5.41, 5.74) is 6.75. The Balaban J connectivity index is 2.46. The summed E-state index contributed by atoms with van der Waals surface area (Å²) in [5, 5.41) is 0. The van der Waals surface area contributed by atoms with Gasteiger partial charge in [-0.1, -0.05) is 37.6 Å². The van der Waals surface area contributed by atoms with Crippen LogP contribution in [0.4, 0.5) is 0 Å². The molecule has 1 atom stereocenters. The number of primary amides is 1. The number of esters is 1. The Morgan fingerprint density at radius 1 is 1.14 bits per heavy atom. The summed E-state index contributed by atoms with van der Waals surface area (Å²) in [6.07, 6.45) is 1.05. The molecule has 0 aromatic heterocycles. The van der Waals surface area contributed by atoms with E-state index in [2.05, 4.69) is 6.92 Å². The number of ether oxygens (including phenoxy) is 1. The minimum atomic E-state index is -0.971. The van der Waals surface area contributed by atoms with Gasteiger partial charge in [0.15, 0.2) is 11.9 Å². The molecule has 1 amide bonds. The van der Waals surface area contributed by atoms with Crippen LogP contribution in [0.15, 0.2) is 24.3 Å². The molecule has 0 fully saturated rings. The molecule has 0 aliphatic rings. The van der Waals surface area contributed by atoms with E-state index in [1.807, 2.05) is 12.1 Å². The van der Waals surface area contributed by atoms with Crippen LogP contribution < -0.4 is 5.73 Å². The molecule has 0 radical (unpaired) electrons. The predicted molar refractivity (Wildman–Crippen MR) is 78.7 cm³/mol. The Hall–Kier alpha value is -2.17. The van der Waals surface area contributed by atoms with Crippen molar-refractivity contribution in [2.75, 3.05) is 0 Å². The first-order chi connectivity index (χ1) is 9.93. The van der Waals surface area contributed by atoms with E-state index in [4.69, 9.17) is 10.5 Å². The number of hydrogen-bond acceptors (Lipinski definition) is 4. The number of amides is 1. The fourth-order valence-corrected chi connectivity index (χ4v) is 1.82. The minimum Gasteiger partial charge on any atom is -0.453 e. The number of Topliss-reactive ketones (excluding diaryl/α,β-unsaturated/α-hetero) is 1. The predicted octanol–water partition coefficient (Wildman–Crippen LogP) is 2.02. The molecule has 5 nitrogen and oxygen atoms in total. The summed E-state index contributed by atoms with van der Waals surface area (Å²) in [4.78, 5) is 34.1. The van der Waals surface area contributed by atoms with E-state index in [0.29, 0.717) is 5.56 Å². The normalized spacial score (nSPS) is 11.7. The lowest BCUT2D eigenvalue weighted by Crippen LogP contribution is -2.30. The third kappa shape index (κ3) is 5.77. The number of ketones is 1. The van der Waals surface area contributed by atoms with Crippen LogP contribution in [0.2, 0.25) is 0 Å². The molecule has 114 valence electrons. The standard InChI is InChI=1S/C16H21NO4/c1-3-4-12-5-7-13(8-6-12)14(18)9-10-15(19)21-11(2)16(17)20/h5-8,11H,3-4,9-10H2,1-2H3,(H2,17,20)/t11-/m0/s1. The Bertz CT molecular complexity index is 508. The van der Waals surface area contributed by atoms with E-state index in [1.54, 1.807) is 12.1 Å². The van der Waals surface area contributed by atoms with Crippen molar-refractivity contribution in [3.63, 3.8) is 0 Å². The van der Waals surface area contributed by atoms with Crippen LogP contribution in [-0.4, -0.2) is 23.8 Å². The first-order valence-corrected chi connectivity index (χ1v) is 7.05. The van der Waals surface area contributed by atoms with Gasteiger partial charge in [0, 0.05) is 12.0 Å². The monoisotopic (exact) mass is 291 g/mol. The van der Waals surface area contributed by atoms with Gasteiger partial charge in [0.25, 0.3) is 5.91 Å². The van der Waals surface area contributed by atoms with E-state index in [1.165, 1.54) is 12.5 Å². The molecular weight excluding hydrogens is 270 g/mol. The average Bonchev–Trinajstić information content (AvgIpc) is 2.45. The van der Waals surface area contributed by atoms with E-state index in [-0.39, 0.29) is 18.6 Å². The Morgan fingerprint density at radius 3 is 2.29 bits per heavy atom. The Morgan fingerprint density at radius 2 is 1.76 bits per heavy atom. The zero-order valence-corrected chi connectivity index (χ0v) is 12.4. The number of carbonyl (C=O) groups is 3. The van der Waals surface area contributed by atoms with Crippen molar-refractivity contribution in [3.8, 4) is 0 Å². The highest BCUT2D eigenvalue weighted by Crippen LogP contribution is 2.10. The summed E-state index contributed by atoms with van der Waals surface area (Å²) in [7, 11) is 0. The molecular formula is C16H21NO4. The summed E-state index contributed by atoms with van der Waals surface area (Å²) in [6, 6.07) is 7.38. The topological polar surface area (TPSA) is 86.5 Å². The fourth-order valence-electron chi connectivity index (χ4n) is 1.82. The van der Waals surface area contributed by atoms with Crippen molar-refractivity contribution in [1.29, 1.82) is 0 Å². The van der Waals surface area contributed by atoms with Crippen LogP contribution >= 0.6 is 0 Å². The molecule has 1 rings (SSSR count). The maximum atomic E-state index is 11.9. The van der Waals surface area contributed by atoms with E-state index >= 15 is 0 Å². The van der Waals surface area contributed by atoms with Gasteiger partial charge in [-0.3, -0.25) is 14.4 Å². The van der Waals surface area contributed by atoms with Crippen molar-refractivity contribution in [2.45, 2.75) is 45.6 Å². The van der Waals surface area contributed by atoms with Crippen LogP contribution in [0.3, 0.4) is 0 Å². The van der Waals surface area contributed by atoms with Crippen molar-refractivity contribution in [2.24, 2.45) is 5.73 Å². The third-order valence-corrected chi connectivity index (χ3v) is 3.08. The Kier molecular flexibility index (Phi) is 6.59. The zero-order valence-electron chi connectivity index (χ0n) is 12.4. The lowest BCUT2D eigenvalue weighted by atomic mass is 10.0. The molecule has 0 unspecified atom stereocenters. The molecule has 0 bridgehead atoms. The van der Waals surface area contributed by atoms with Gasteiger partial charge < -0.3 is 10.5 Å². The lowest BCUT2D eigenvalue weighted by Gasteiger charge is -2.09. The van der Waals surface area contributed by atoms with Gasteiger partial charge in [0.2, 0.25) is 0 Å². The van der Waals surface area contributed by atoms with Crippen LogP contribution in [0.5, 0.6) is 0 Å². The highest BCUT2D eigenvalue weighted by molar-refractivity contribution is 5.97. The molecule has 2 N–H and O–H groups in total. The molecule has 0 saturated carbocycles. The third-order valence-electron chi connectivity index (χ3n) is 3.08. The second-order valence-electron chi connectivity index (χ2n) is 4.90. The molecule has 1 aromatic carbocycles. The van der Waals surface area contributed by atoms with Crippen LogP contribution in [0.25, 0.3) is 0 Å². The van der Waals surface area contributed by atoms with Crippen molar-refractivity contribution in [3.05, 3.63) is 35.4 Å². The van der Waals surface area contributed by atoms with Gasteiger partial charge in [-0.05, 0) is 18.9 Å². The number of carbonyl (C=O) groups excluding carboxylic acids is 3. The van der Waals surface area contributed by atoms with Crippen LogP contribution in [0, 0.1) is 0 Å². The van der Waals surface area contributed by atoms with Gasteiger partial charge in [0.05, 0.1) is 6.42 Å². The fraction of sp³-hybridized carbons (Fsp3) is 0.438. The highest BCUT2D eigenvalue weighted by atomic mass is 16.5. The second-order valence-corrected chi connectivity index (χ2v) is 4.90. The molecule has 0 aliphatic carbocycles. The van der Waals surface area contributed by atoms with Gasteiger partial charge in [0.1, 0.15) is 0 Å². The average molecular weight is 291 g/mol. The molecule has 0 aliphatic heterocycles. The van der Waals surface area contributed by atoms with Gasteiger partial charge in [-0.15, -0.1) is 0 Å². The number of aryl methyl sites for hydroxylation is 1. The van der Waals surface area contributed by atoms with Gasteiger partial charge in [-0.2, -0.15) is 0 Å². The largest absolute Gasteiger partial charge is 0.453 e. The number of nitrogens with two attached hydrogens (primary N) is 1. The summed E-state index contributed by atoms with van der Waals surface area (Å²) < 4.78 is 4.78. The molecule has 0 heterocycles. The first-order valence-electron chi connectivity index (χ1n) is 7.05. The van der Waals surface area contributed by atoms with E-state index < -0.39 is 18.0 Å². The van der Waals surface area contributed by atoms with Gasteiger partial charge >= 0.3 is 5.97 Å². The van der Waals surface area contributed by atoms with Crippen molar-refractivity contribution < 1.29 is 19.1 Å². The van der Waals surface area contributed by atoms with E-state index in [0.717, 1.165) is 12.8 Å². The smallest absolute Gasteiger partial charge is 0.307 e. The first kappa shape index (κ1) is 16.9. The maximum Gasteiger partial charge on any atom is 0.307 e. The molecule has 0 spiro atoms. The second kappa shape index (κ2) is 8.19. The Labute approximate surface area is 124 Å². The minimum absolute atomic E-state index is 0.0530. The molecule has 5 heteroatoms. The van der Waals surface area contributed by atoms with E-state index in [9.17, 15) is 14.4 Å².